The first-order valence-electron chi connectivity index (χ1n) is 6.36. The van der Waals surface area contributed by atoms with Gasteiger partial charge in [-0.1, -0.05) is 19.9 Å². The standard InChI is InChI=1S/C15H16BrFN2O/c1-10(2)18-8-11-3-6-15(19-9-11)20-12-4-5-14(17)13(16)7-12/h3-7,9-10,18H,8H2,1-2H3. The lowest BCUT2D eigenvalue weighted by Gasteiger charge is -2.09. The van der Waals surface area contributed by atoms with Crippen molar-refractivity contribution in [3.05, 3.63) is 52.4 Å². The second-order valence-corrected chi connectivity index (χ2v) is 5.57. The van der Waals surface area contributed by atoms with Gasteiger partial charge in [0.1, 0.15) is 11.6 Å². The molecule has 0 saturated heterocycles. The predicted octanol–water partition coefficient (Wildman–Crippen LogP) is 4.27. The molecule has 0 radical (unpaired) electrons. The molecule has 0 aliphatic heterocycles. The van der Waals surface area contributed by atoms with Gasteiger partial charge in [0.25, 0.3) is 0 Å². The van der Waals surface area contributed by atoms with Gasteiger partial charge in [-0.3, -0.25) is 0 Å². The van der Waals surface area contributed by atoms with Gasteiger partial charge in [0.2, 0.25) is 5.88 Å². The third-order valence-corrected chi connectivity index (χ3v) is 3.23. The maximum absolute atomic E-state index is 13.1. The molecule has 5 heteroatoms. The van der Waals surface area contributed by atoms with E-state index in [1.54, 1.807) is 24.4 Å². The van der Waals surface area contributed by atoms with Crippen LogP contribution >= 0.6 is 15.9 Å². The number of hydrogen-bond acceptors (Lipinski definition) is 3. The van der Waals surface area contributed by atoms with Crippen LogP contribution in [0.1, 0.15) is 19.4 Å². The molecule has 0 saturated carbocycles. The van der Waals surface area contributed by atoms with Crippen molar-refractivity contribution < 1.29 is 9.13 Å². The summed E-state index contributed by atoms with van der Waals surface area (Å²) in [6.07, 6.45) is 1.77. The second kappa shape index (κ2) is 6.81. The van der Waals surface area contributed by atoms with E-state index in [-0.39, 0.29) is 5.82 Å². The zero-order chi connectivity index (χ0) is 14.5. The van der Waals surface area contributed by atoms with E-state index in [1.807, 2.05) is 6.07 Å². The molecule has 0 spiro atoms. The van der Waals surface area contributed by atoms with Crippen LogP contribution in [0.3, 0.4) is 0 Å². The molecule has 0 amide bonds. The van der Waals surface area contributed by atoms with E-state index in [4.69, 9.17) is 4.74 Å². The Balaban J connectivity index is 2.01. The Morgan fingerprint density at radius 1 is 1.30 bits per heavy atom. The highest BCUT2D eigenvalue weighted by atomic mass is 79.9. The van der Waals surface area contributed by atoms with Gasteiger partial charge >= 0.3 is 0 Å². The molecule has 106 valence electrons. The summed E-state index contributed by atoms with van der Waals surface area (Å²) in [5, 5.41) is 3.32. The molecule has 0 fully saturated rings. The van der Waals surface area contributed by atoms with E-state index in [1.165, 1.54) is 6.07 Å². The van der Waals surface area contributed by atoms with Crippen molar-refractivity contribution in [3.63, 3.8) is 0 Å². The van der Waals surface area contributed by atoms with Crippen LogP contribution in [0.4, 0.5) is 4.39 Å². The molecule has 2 rings (SSSR count). The highest BCUT2D eigenvalue weighted by Crippen LogP contribution is 2.25. The van der Waals surface area contributed by atoms with Gasteiger partial charge in [0.05, 0.1) is 4.47 Å². The summed E-state index contributed by atoms with van der Waals surface area (Å²) in [6.45, 7) is 4.96. The smallest absolute Gasteiger partial charge is 0.219 e. The van der Waals surface area contributed by atoms with E-state index in [9.17, 15) is 4.39 Å². The van der Waals surface area contributed by atoms with Gasteiger partial charge < -0.3 is 10.1 Å². The minimum Gasteiger partial charge on any atom is -0.439 e. The third-order valence-electron chi connectivity index (χ3n) is 2.63. The quantitative estimate of drug-likeness (QED) is 0.883. The molecular formula is C15H16BrFN2O. The number of nitrogens with one attached hydrogen (secondary N) is 1. The van der Waals surface area contributed by atoms with Crippen molar-refractivity contribution in [2.24, 2.45) is 0 Å². The summed E-state index contributed by atoms with van der Waals surface area (Å²) in [5.41, 5.74) is 1.09. The summed E-state index contributed by atoms with van der Waals surface area (Å²) in [6, 6.07) is 8.68. The lowest BCUT2D eigenvalue weighted by Crippen LogP contribution is -2.21. The molecule has 0 bridgehead atoms. The van der Waals surface area contributed by atoms with Crippen molar-refractivity contribution >= 4 is 15.9 Å². The van der Waals surface area contributed by atoms with E-state index < -0.39 is 0 Å². The average molecular weight is 339 g/mol. The molecule has 2 aromatic rings. The molecule has 20 heavy (non-hydrogen) atoms. The number of hydrogen-bond donors (Lipinski definition) is 1. The molecule has 1 aromatic carbocycles. The zero-order valence-electron chi connectivity index (χ0n) is 11.4. The summed E-state index contributed by atoms with van der Waals surface area (Å²) < 4.78 is 19.1. The van der Waals surface area contributed by atoms with Crippen LogP contribution in [0.5, 0.6) is 11.6 Å². The van der Waals surface area contributed by atoms with Crippen LogP contribution in [-0.4, -0.2) is 11.0 Å². The number of ether oxygens (including phenoxy) is 1. The summed E-state index contributed by atoms with van der Waals surface area (Å²) in [4.78, 5) is 4.23. The normalized spacial score (nSPS) is 10.8. The van der Waals surface area contributed by atoms with Gasteiger partial charge in [0, 0.05) is 24.8 Å². The minimum absolute atomic E-state index is 0.319. The first-order chi connectivity index (χ1) is 9.54. The lowest BCUT2D eigenvalue weighted by molar-refractivity contribution is 0.460. The largest absolute Gasteiger partial charge is 0.439 e. The summed E-state index contributed by atoms with van der Waals surface area (Å²) in [7, 11) is 0. The van der Waals surface area contributed by atoms with Crippen molar-refractivity contribution in [3.8, 4) is 11.6 Å². The Labute approximate surface area is 126 Å². The number of aromatic nitrogens is 1. The molecule has 1 aromatic heterocycles. The fourth-order valence-corrected chi connectivity index (χ4v) is 1.92. The topological polar surface area (TPSA) is 34.1 Å². The number of pyridine rings is 1. The fraction of sp³-hybridized carbons (Fsp3) is 0.267. The van der Waals surface area contributed by atoms with Crippen LogP contribution in [0, 0.1) is 5.82 Å². The van der Waals surface area contributed by atoms with Crippen molar-refractivity contribution in [1.82, 2.24) is 10.3 Å². The van der Waals surface area contributed by atoms with Crippen molar-refractivity contribution in [2.75, 3.05) is 0 Å². The maximum Gasteiger partial charge on any atom is 0.219 e. The van der Waals surface area contributed by atoms with Gasteiger partial charge in [-0.05, 0) is 39.7 Å². The third kappa shape index (κ3) is 4.28. The van der Waals surface area contributed by atoms with Crippen LogP contribution in [0.25, 0.3) is 0 Å². The SMILES string of the molecule is CC(C)NCc1ccc(Oc2ccc(F)c(Br)c2)nc1. The second-order valence-electron chi connectivity index (χ2n) is 4.72. The predicted molar refractivity (Wildman–Crippen MR) is 80.4 cm³/mol. The van der Waals surface area contributed by atoms with Crippen LogP contribution in [0.2, 0.25) is 0 Å². The van der Waals surface area contributed by atoms with Gasteiger partial charge in [-0.25, -0.2) is 9.37 Å². The highest BCUT2D eigenvalue weighted by molar-refractivity contribution is 9.10. The summed E-state index contributed by atoms with van der Waals surface area (Å²) in [5.74, 6) is 0.705. The summed E-state index contributed by atoms with van der Waals surface area (Å²) >= 11 is 3.12. The Morgan fingerprint density at radius 2 is 2.10 bits per heavy atom. The number of halogens is 2. The van der Waals surface area contributed by atoms with Gasteiger partial charge in [0.15, 0.2) is 0 Å². The monoisotopic (exact) mass is 338 g/mol. The van der Waals surface area contributed by atoms with Crippen molar-refractivity contribution in [2.45, 2.75) is 26.4 Å². The molecule has 0 atom stereocenters. The maximum atomic E-state index is 13.1. The zero-order valence-corrected chi connectivity index (χ0v) is 12.9. The number of nitrogens with zero attached hydrogens (tertiary/aromatic N) is 1. The molecule has 0 unspecified atom stereocenters. The first kappa shape index (κ1) is 14.9. The Hall–Kier alpha value is -1.46. The van der Waals surface area contributed by atoms with Gasteiger partial charge in [-0.15, -0.1) is 0 Å². The Morgan fingerprint density at radius 3 is 2.70 bits per heavy atom. The van der Waals surface area contributed by atoms with Crippen LogP contribution < -0.4 is 10.1 Å². The average Bonchev–Trinajstić information content (AvgIpc) is 2.42. The minimum atomic E-state index is -0.319. The molecule has 3 nitrogen and oxygen atoms in total. The van der Waals surface area contributed by atoms with E-state index >= 15 is 0 Å². The highest BCUT2D eigenvalue weighted by Gasteiger charge is 2.04. The Bertz CT molecular complexity index is 573. The molecule has 1 heterocycles. The molecule has 1 N–H and O–H groups in total. The van der Waals surface area contributed by atoms with E-state index in [2.05, 4.69) is 40.1 Å². The molecule has 0 aliphatic carbocycles. The van der Waals surface area contributed by atoms with Crippen molar-refractivity contribution in [1.29, 1.82) is 0 Å². The first-order valence-corrected chi connectivity index (χ1v) is 7.15. The molecular weight excluding hydrogens is 323 g/mol. The number of rotatable bonds is 5. The number of benzene rings is 1. The van der Waals surface area contributed by atoms with Crippen LogP contribution in [0.15, 0.2) is 41.0 Å². The Kier molecular flexibility index (Phi) is 5.09. The van der Waals surface area contributed by atoms with Crippen LogP contribution in [-0.2, 0) is 6.54 Å². The van der Waals surface area contributed by atoms with E-state index in [0.29, 0.717) is 22.1 Å². The fourth-order valence-electron chi connectivity index (χ4n) is 1.56. The van der Waals surface area contributed by atoms with Gasteiger partial charge in [-0.2, -0.15) is 0 Å². The van der Waals surface area contributed by atoms with E-state index in [0.717, 1.165) is 12.1 Å². The molecule has 0 aliphatic rings. The lowest BCUT2D eigenvalue weighted by atomic mass is 10.2.